The minimum absolute atomic E-state index is 0.153. The number of aromatic carboxylic acids is 1. The van der Waals surface area contributed by atoms with Gasteiger partial charge in [0.2, 0.25) is 5.89 Å². The average molecular weight is 251 g/mol. The van der Waals surface area contributed by atoms with Gasteiger partial charge in [-0.15, -0.1) is 0 Å². The third kappa shape index (κ3) is 3.17. The summed E-state index contributed by atoms with van der Waals surface area (Å²) in [5.74, 6) is 0.775. The first-order chi connectivity index (χ1) is 8.65. The molecular formula is C11H13N3O4. The van der Waals surface area contributed by atoms with Crippen LogP contribution in [-0.2, 0) is 13.0 Å². The molecule has 0 aromatic carbocycles. The summed E-state index contributed by atoms with van der Waals surface area (Å²) in [6.45, 7) is 2.85. The Kier molecular flexibility index (Phi) is 3.73. The Labute approximate surface area is 103 Å². The van der Waals surface area contributed by atoms with Crippen molar-refractivity contribution in [2.45, 2.75) is 19.9 Å². The molecule has 96 valence electrons. The highest BCUT2D eigenvalue weighted by Gasteiger charge is 2.07. The number of carboxylic acids is 1. The van der Waals surface area contributed by atoms with Crippen molar-refractivity contribution >= 4 is 5.97 Å². The Morgan fingerprint density at radius 1 is 1.56 bits per heavy atom. The highest BCUT2D eigenvalue weighted by Crippen LogP contribution is 2.07. The normalized spacial score (nSPS) is 10.7. The smallest absolute Gasteiger partial charge is 0.338 e. The van der Waals surface area contributed by atoms with Crippen molar-refractivity contribution in [2.75, 3.05) is 6.54 Å². The second-order valence-electron chi connectivity index (χ2n) is 3.76. The van der Waals surface area contributed by atoms with Crippen molar-refractivity contribution in [3.8, 4) is 0 Å². The molecule has 0 saturated carbocycles. The van der Waals surface area contributed by atoms with E-state index in [1.165, 1.54) is 12.3 Å². The molecule has 18 heavy (non-hydrogen) atoms. The van der Waals surface area contributed by atoms with Crippen LogP contribution < -0.4 is 5.32 Å². The Balaban J connectivity index is 1.73. The molecule has 0 unspecified atom stereocenters. The van der Waals surface area contributed by atoms with E-state index in [0.29, 0.717) is 37.0 Å². The molecule has 0 spiro atoms. The lowest BCUT2D eigenvalue weighted by molar-refractivity contribution is 0.0696. The highest BCUT2D eigenvalue weighted by atomic mass is 16.5. The molecule has 0 saturated heterocycles. The Morgan fingerprint density at radius 3 is 3.00 bits per heavy atom. The first-order valence-corrected chi connectivity index (χ1v) is 5.46. The third-order valence-electron chi connectivity index (χ3n) is 2.29. The van der Waals surface area contributed by atoms with E-state index < -0.39 is 5.97 Å². The number of carbonyl (C=O) groups is 1. The van der Waals surface area contributed by atoms with Crippen molar-refractivity contribution in [1.82, 2.24) is 15.5 Å². The summed E-state index contributed by atoms with van der Waals surface area (Å²) >= 11 is 0. The largest absolute Gasteiger partial charge is 0.478 e. The third-order valence-corrected chi connectivity index (χ3v) is 2.29. The zero-order chi connectivity index (χ0) is 13.0. The van der Waals surface area contributed by atoms with Crippen LogP contribution in [0, 0.1) is 6.92 Å². The van der Waals surface area contributed by atoms with Gasteiger partial charge in [-0.1, -0.05) is 5.16 Å². The summed E-state index contributed by atoms with van der Waals surface area (Å²) in [5, 5.41) is 15.6. The zero-order valence-corrected chi connectivity index (χ0v) is 9.84. The Hall–Kier alpha value is -2.15. The predicted octanol–water partition coefficient (Wildman–Crippen LogP) is 1.00. The summed E-state index contributed by atoms with van der Waals surface area (Å²) in [7, 11) is 0. The van der Waals surface area contributed by atoms with E-state index in [2.05, 4.69) is 15.5 Å². The number of carboxylic acid groups (broad SMARTS) is 1. The second kappa shape index (κ2) is 5.46. The van der Waals surface area contributed by atoms with Gasteiger partial charge in [-0.3, -0.25) is 0 Å². The monoisotopic (exact) mass is 251 g/mol. The summed E-state index contributed by atoms with van der Waals surface area (Å²) in [6.07, 6.45) is 1.87. The van der Waals surface area contributed by atoms with Crippen LogP contribution in [0.3, 0.4) is 0 Å². The number of aryl methyl sites for hydroxylation is 1. The van der Waals surface area contributed by atoms with Crippen LogP contribution in [0.2, 0.25) is 0 Å². The average Bonchev–Trinajstić information content (AvgIpc) is 2.93. The van der Waals surface area contributed by atoms with Gasteiger partial charge in [0.25, 0.3) is 0 Å². The molecule has 2 aromatic rings. The topological polar surface area (TPSA) is 101 Å². The van der Waals surface area contributed by atoms with Gasteiger partial charge in [0.1, 0.15) is 12.0 Å². The van der Waals surface area contributed by atoms with E-state index in [1.807, 2.05) is 0 Å². The Bertz CT molecular complexity index is 532. The van der Waals surface area contributed by atoms with Gasteiger partial charge in [0.15, 0.2) is 5.82 Å². The lowest BCUT2D eigenvalue weighted by atomic mass is 10.3. The molecule has 0 aliphatic carbocycles. The standard InChI is InChI=1S/C11H13N3O4/c1-7-13-10(14-18-7)2-3-12-5-9-4-8(6-17-9)11(15)16/h4,6,12H,2-3,5H2,1H3,(H,15,16). The fourth-order valence-electron chi connectivity index (χ4n) is 1.44. The molecule has 2 N–H and O–H groups in total. The van der Waals surface area contributed by atoms with Crippen LogP contribution in [-0.4, -0.2) is 27.8 Å². The molecule has 2 aromatic heterocycles. The molecule has 0 atom stereocenters. The highest BCUT2D eigenvalue weighted by molar-refractivity contribution is 5.87. The predicted molar refractivity (Wildman–Crippen MR) is 60.1 cm³/mol. The van der Waals surface area contributed by atoms with E-state index in [1.54, 1.807) is 6.92 Å². The summed E-state index contributed by atoms with van der Waals surface area (Å²) in [4.78, 5) is 14.7. The maximum Gasteiger partial charge on any atom is 0.338 e. The number of nitrogens with one attached hydrogen (secondary N) is 1. The van der Waals surface area contributed by atoms with Crippen molar-refractivity contribution in [2.24, 2.45) is 0 Å². The first kappa shape index (κ1) is 12.3. The van der Waals surface area contributed by atoms with E-state index in [-0.39, 0.29) is 5.56 Å². The molecule has 0 amide bonds. The molecule has 7 nitrogen and oxygen atoms in total. The lowest BCUT2D eigenvalue weighted by Gasteiger charge is -1.98. The molecule has 0 radical (unpaired) electrons. The van der Waals surface area contributed by atoms with E-state index in [4.69, 9.17) is 14.0 Å². The number of nitrogens with zero attached hydrogens (tertiary/aromatic N) is 2. The van der Waals surface area contributed by atoms with Gasteiger partial charge in [-0.25, -0.2) is 4.79 Å². The SMILES string of the molecule is Cc1nc(CCNCc2cc(C(=O)O)co2)no1. The minimum Gasteiger partial charge on any atom is -0.478 e. The van der Waals surface area contributed by atoms with Gasteiger partial charge >= 0.3 is 5.97 Å². The van der Waals surface area contributed by atoms with Crippen LogP contribution in [0.5, 0.6) is 0 Å². The number of furan rings is 1. The quantitative estimate of drug-likeness (QED) is 0.738. The zero-order valence-electron chi connectivity index (χ0n) is 9.84. The van der Waals surface area contributed by atoms with Crippen molar-refractivity contribution in [3.63, 3.8) is 0 Å². The van der Waals surface area contributed by atoms with Crippen LogP contribution in [0.25, 0.3) is 0 Å². The first-order valence-electron chi connectivity index (χ1n) is 5.46. The number of rotatable bonds is 6. The maximum absolute atomic E-state index is 10.6. The van der Waals surface area contributed by atoms with Crippen LogP contribution in [0.4, 0.5) is 0 Å². The van der Waals surface area contributed by atoms with Crippen LogP contribution >= 0.6 is 0 Å². The molecule has 2 rings (SSSR count). The van der Waals surface area contributed by atoms with E-state index in [9.17, 15) is 4.79 Å². The maximum atomic E-state index is 10.6. The number of aromatic nitrogens is 2. The molecule has 2 heterocycles. The second-order valence-corrected chi connectivity index (χ2v) is 3.76. The van der Waals surface area contributed by atoms with E-state index >= 15 is 0 Å². The fraction of sp³-hybridized carbons (Fsp3) is 0.364. The summed E-state index contributed by atoms with van der Waals surface area (Å²) < 4.78 is 9.93. The van der Waals surface area contributed by atoms with Gasteiger partial charge in [-0.2, -0.15) is 4.98 Å². The van der Waals surface area contributed by atoms with Gasteiger partial charge in [0.05, 0.1) is 12.1 Å². The molecule has 0 aliphatic heterocycles. The van der Waals surface area contributed by atoms with Crippen molar-refractivity contribution in [1.29, 1.82) is 0 Å². The van der Waals surface area contributed by atoms with Crippen molar-refractivity contribution in [3.05, 3.63) is 35.4 Å². The van der Waals surface area contributed by atoms with Crippen LogP contribution in [0.15, 0.2) is 21.3 Å². The molecule has 0 bridgehead atoms. The van der Waals surface area contributed by atoms with Crippen LogP contribution in [0.1, 0.15) is 27.8 Å². The number of hydrogen-bond donors (Lipinski definition) is 2. The van der Waals surface area contributed by atoms with Gasteiger partial charge in [-0.05, 0) is 6.07 Å². The minimum atomic E-state index is -0.993. The van der Waals surface area contributed by atoms with Crippen molar-refractivity contribution < 1.29 is 18.8 Å². The Morgan fingerprint density at radius 2 is 2.39 bits per heavy atom. The molecule has 0 fully saturated rings. The van der Waals surface area contributed by atoms with E-state index in [0.717, 1.165) is 0 Å². The molecular weight excluding hydrogens is 238 g/mol. The fourth-order valence-corrected chi connectivity index (χ4v) is 1.44. The molecule has 0 aliphatic rings. The van der Waals surface area contributed by atoms with Gasteiger partial charge in [0, 0.05) is 19.9 Å². The summed E-state index contributed by atoms with van der Waals surface area (Å²) in [6, 6.07) is 1.49. The lowest BCUT2D eigenvalue weighted by Crippen LogP contribution is -2.16. The number of hydrogen-bond acceptors (Lipinski definition) is 6. The summed E-state index contributed by atoms with van der Waals surface area (Å²) in [5.41, 5.74) is 0.153. The molecule has 7 heteroatoms. The van der Waals surface area contributed by atoms with Gasteiger partial charge < -0.3 is 19.4 Å².